The summed E-state index contributed by atoms with van der Waals surface area (Å²) < 4.78 is 16.1. The molecule has 0 saturated heterocycles. The van der Waals surface area contributed by atoms with Crippen molar-refractivity contribution in [3.63, 3.8) is 0 Å². The molecule has 1 aliphatic rings. The van der Waals surface area contributed by atoms with Gasteiger partial charge in [-0.3, -0.25) is 9.59 Å². The van der Waals surface area contributed by atoms with Crippen molar-refractivity contribution in [2.75, 3.05) is 34.4 Å². The van der Waals surface area contributed by atoms with Crippen LogP contribution in [-0.2, 0) is 11.2 Å². The number of carbonyl (C=O) groups excluding carboxylic acids is 2. The molecule has 0 radical (unpaired) electrons. The molecule has 0 aliphatic carbocycles. The Kier molecular flexibility index (Phi) is 9.19. The second kappa shape index (κ2) is 12.3. The zero-order valence-corrected chi connectivity index (χ0v) is 20.7. The van der Waals surface area contributed by atoms with E-state index in [1.807, 2.05) is 17.0 Å². The quantitative estimate of drug-likeness (QED) is 0.490. The molecule has 1 atom stereocenters. The highest BCUT2D eigenvalue weighted by molar-refractivity contribution is 5.95. The highest BCUT2D eigenvalue weighted by atomic mass is 16.5. The van der Waals surface area contributed by atoms with Crippen LogP contribution in [0.15, 0.2) is 36.4 Å². The lowest BCUT2D eigenvalue weighted by molar-refractivity contribution is -0.134. The molecule has 3 rings (SSSR count). The molecule has 2 aromatic carbocycles. The zero-order valence-electron chi connectivity index (χ0n) is 20.7. The van der Waals surface area contributed by atoms with Gasteiger partial charge in [0, 0.05) is 25.1 Å². The van der Waals surface area contributed by atoms with Gasteiger partial charge in [-0.15, -0.1) is 0 Å². The number of ether oxygens (including phenoxy) is 3. The van der Waals surface area contributed by atoms with E-state index in [2.05, 4.69) is 24.4 Å². The van der Waals surface area contributed by atoms with Crippen LogP contribution in [0.4, 0.5) is 0 Å². The number of methoxy groups -OCH3 is 3. The summed E-state index contributed by atoms with van der Waals surface area (Å²) in [5.41, 5.74) is 2.72. The Morgan fingerprint density at radius 2 is 1.71 bits per heavy atom. The van der Waals surface area contributed by atoms with E-state index in [0.29, 0.717) is 42.3 Å². The molecule has 1 unspecified atom stereocenters. The number of hydrogen-bond acceptors (Lipinski definition) is 5. The Morgan fingerprint density at radius 1 is 1.00 bits per heavy atom. The van der Waals surface area contributed by atoms with Gasteiger partial charge in [0.15, 0.2) is 11.5 Å². The lowest BCUT2D eigenvalue weighted by Crippen LogP contribution is -2.45. The van der Waals surface area contributed by atoms with E-state index in [0.717, 1.165) is 37.7 Å². The van der Waals surface area contributed by atoms with Crippen molar-refractivity contribution in [1.29, 1.82) is 0 Å². The average molecular weight is 469 g/mol. The van der Waals surface area contributed by atoms with E-state index in [1.165, 1.54) is 26.9 Å². The third-order valence-electron chi connectivity index (χ3n) is 6.36. The summed E-state index contributed by atoms with van der Waals surface area (Å²) in [6, 6.07) is 11.2. The molecule has 2 amide bonds. The van der Waals surface area contributed by atoms with Crippen molar-refractivity contribution in [2.24, 2.45) is 0 Å². The third-order valence-corrected chi connectivity index (χ3v) is 6.36. The summed E-state index contributed by atoms with van der Waals surface area (Å²) in [6.07, 6.45) is 5.61. The van der Waals surface area contributed by atoms with Gasteiger partial charge >= 0.3 is 0 Å². The van der Waals surface area contributed by atoms with Crippen molar-refractivity contribution < 1.29 is 23.8 Å². The number of nitrogens with one attached hydrogen (secondary N) is 1. The van der Waals surface area contributed by atoms with E-state index in [1.54, 1.807) is 12.1 Å². The Labute approximate surface area is 202 Å². The largest absolute Gasteiger partial charge is 0.493 e. The van der Waals surface area contributed by atoms with Crippen LogP contribution in [0.25, 0.3) is 0 Å². The summed E-state index contributed by atoms with van der Waals surface area (Å²) >= 11 is 0. The van der Waals surface area contributed by atoms with E-state index in [4.69, 9.17) is 14.2 Å². The van der Waals surface area contributed by atoms with Gasteiger partial charge in [-0.2, -0.15) is 0 Å². The number of unbranched alkanes of at least 4 members (excludes halogenated alkanes) is 3. The van der Waals surface area contributed by atoms with E-state index in [9.17, 15) is 9.59 Å². The maximum absolute atomic E-state index is 13.1. The van der Waals surface area contributed by atoms with Crippen LogP contribution in [0.1, 0.15) is 66.6 Å². The number of rotatable bonds is 11. The highest BCUT2D eigenvalue weighted by Gasteiger charge is 2.30. The molecule has 184 valence electrons. The predicted octanol–water partition coefficient (Wildman–Crippen LogP) is 4.54. The number of nitrogens with zero attached hydrogens (tertiary/aromatic N) is 1. The van der Waals surface area contributed by atoms with Gasteiger partial charge in [-0.05, 0) is 36.1 Å². The maximum atomic E-state index is 13.1. The fourth-order valence-corrected chi connectivity index (χ4v) is 4.52. The maximum Gasteiger partial charge on any atom is 0.251 e. The fourth-order valence-electron chi connectivity index (χ4n) is 4.52. The van der Waals surface area contributed by atoms with Gasteiger partial charge in [-0.25, -0.2) is 0 Å². The van der Waals surface area contributed by atoms with Crippen LogP contribution in [0.2, 0.25) is 0 Å². The summed E-state index contributed by atoms with van der Waals surface area (Å²) in [6.45, 7) is 3.15. The van der Waals surface area contributed by atoms with Gasteiger partial charge < -0.3 is 24.4 Å². The summed E-state index contributed by atoms with van der Waals surface area (Å²) in [7, 11) is 4.55. The van der Waals surface area contributed by atoms with Crippen LogP contribution in [0.3, 0.4) is 0 Å². The Bertz CT molecular complexity index is 966. The molecule has 34 heavy (non-hydrogen) atoms. The van der Waals surface area contributed by atoms with Crippen LogP contribution in [0, 0.1) is 0 Å². The number of benzene rings is 2. The minimum Gasteiger partial charge on any atom is -0.493 e. The molecule has 0 saturated carbocycles. The Hall–Kier alpha value is -3.22. The first kappa shape index (κ1) is 25.4. The van der Waals surface area contributed by atoms with Crippen molar-refractivity contribution >= 4 is 11.8 Å². The van der Waals surface area contributed by atoms with Gasteiger partial charge in [0.25, 0.3) is 5.91 Å². The van der Waals surface area contributed by atoms with Gasteiger partial charge in [0.2, 0.25) is 11.7 Å². The molecule has 1 aliphatic heterocycles. The first-order valence-corrected chi connectivity index (χ1v) is 12.0. The van der Waals surface area contributed by atoms with Crippen LogP contribution >= 0.6 is 0 Å². The Balaban J connectivity index is 1.78. The fraction of sp³-hybridized carbons (Fsp3) is 0.481. The summed E-state index contributed by atoms with van der Waals surface area (Å²) in [5.74, 6) is 1.15. The predicted molar refractivity (Wildman–Crippen MR) is 132 cm³/mol. The molecule has 0 aromatic heterocycles. The molecule has 1 heterocycles. The number of carbonyl (C=O) groups is 2. The first-order chi connectivity index (χ1) is 16.5. The molecule has 0 spiro atoms. The van der Waals surface area contributed by atoms with Crippen LogP contribution < -0.4 is 19.5 Å². The lowest BCUT2D eigenvalue weighted by Gasteiger charge is -2.37. The normalized spacial score (nSPS) is 14.8. The van der Waals surface area contributed by atoms with Crippen LogP contribution in [0.5, 0.6) is 17.2 Å². The third kappa shape index (κ3) is 5.82. The van der Waals surface area contributed by atoms with E-state index < -0.39 is 0 Å². The molecule has 0 fully saturated rings. The molecule has 1 N–H and O–H groups in total. The molecule has 2 aromatic rings. The van der Waals surface area contributed by atoms with Gasteiger partial charge in [0.1, 0.15) is 0 Å². The van der Waals surface area contributed by atoms with Gasteiger partial charge in [-0.1, -0.05) is 50.5 Å². The molecule has 0 bridgehead atoms. The minimum atomic E-state index is -0.266. The molecule has 7 nitrogen and oxygen atoms in total. The number of hydrogen-bond donors (Lipinski definition) is 1. The number of amides is 2. The van der Waals surface area contributed by atoms with E-state index in [-0.39, 0.29) is 17.9 Å². The topological polar surface area (TPSA) is 77.1 Å². The van der Waals surface area contributed by atoms with E-state index >= 15 is 0 Å². The average Bonchev–Trinajstić information content (AvgIpc) is 2.88. The monoisotopic (exact) mass is 468 g/mol. The molecular weight excluding hydrogens is 432 g/mol. The van der Waals surface area contributed by atoms with Crippen molar-refractivity contribution in [3.8, 4) is 17.2 Å². The number of fused-ring (bicyclic) bond motifs is 1. The van der Waals surface area contributed by atoms with Gasteiger partial charge in [0.05, 0.1) is 27.4 Å². The van der Waals surface area contributed by atoms with Crippen molar-refractivity contribution in [1.82, 2.24) is 10.2 Å². The zero-order chi connectivity index (χ0) is 24.5. The summed E-state index contributed by atoms with van der Waals surface area (Å²) in [4.78, 5) is 28.1. The standard InChI is InChI=1S/C27H36N2O5/c1-5-6-7-8-13-25(30)29-15-14-19-11-9-10-12-21(19)22(29)18-28-27(31)20-16-23(32-2)26(34-4)24(17-20)33-3/h9-12,16-17,22H,5-8,13-15,18H2,1-4H3,(H,28,31). The SMILES string of the molecule is CCCCCCC(=O)N1CCc2ccccc2C1CNC(=O)c1cc(OC)c(OC)c(OC)c1. The molecular formula is C27H36N2O5. The Morgan fingerprint density at radius 3 is 2.35 bits per heavy atom. The highest BCUT2D eigenvalue weighted by Crippen LogP contribution is 2.38. The smallest absolute Gasteiger partial charge is 0.251 e. The second-order valence-corrected chi connectivity index (χ2v) is 8.49. The van der Waals surface area contributed by atoms with Crippen molar-refractivity contribution in [3.05, 3.63) is 53.1 Å². The lowest BCUT2D eigenvalue weighted by atomic mass is 9.92. The minimum absolute atomic E-state index is 0.151. The summed E-state index contributed by atoms with van der Waals surface area (Å²) in [5, 5.41) is 3.03. The first-order valence-electron chi connectivity index (χ1n) is 12.0. The van der Waals surface area contributed by atoms with Crippen LogP contribution in [-0.4, -0.2) is 51.1 Å². The molecule has 7 heteroatoms. The second-order valence-electron chi connectivity index (χ2n) is 8.49. The van der Waals surface area contributed by atoms with Crippen molar-refractivity contribution in [2.45, 2.75) is 51.5 Å².